The van der Waals surface area contributed by atoms with Crippen molar-refractivity contribution in [3.63, 3.8) is 0 Å². The van der Waals surface area contributed by atoms with Gasteiger partial charge in [0.25, 0.3) is 0 Å². The van der Waals surface area contributed by atoms with Gasteiger partial charge in [0.15, 0.2) is 0 Å². The highest BCUT2D eigenvalue weighted by Gasteiger charge is 2.13. The maximum absolute atomic E-state index is 13.1. The van der Waals surface area contributed by atoms with Crippen molar-refractivity contribution in [2.75, 3.05) is 23.7 Å². The van der Waals surface area contributed by atoms with Gasteiger partial charge in [0.05, 0.1) is 15.8 Å². The maximum atomic E-state index is 13.1. The Hall–Kier alpha value is -1.03. The van der Waals surface area contributed by atoms with E-state index in [2.05, 4.69) is 33.0 Å². The molecule has 74 valence electrons. The lowest BCUT2D eigenvalue weighted by Crippen LogP contribution is -2.20. The van der Waals surface area contributed by atoms with Crippen LogP contribution < -0.4 is 10.6 Å². The summed E-state index contributed by atoms with van der Waals surface area (Å²) in [5, 5.41) is 0. The minimum atomic E-state index is -0.321. The topological polar surface area (TPSA) is 29.3 Å². The van der Waals surface area contributed by atoms with E-state index in [1.54, 1.807) is 6.07 Å². The molecule has 2 N–H and O–H groups in total. The summed E-state index contributed by atoms with van der Waals surface area (Å²) in [6.45, 7) is 1.67. The predicted octanol–water partition coefficient (Wildman–Crippen LogP) is 2.55. The van der Waals surface area contributed by atoms with Gasteiger partial charge in [0, 0.05) is 19.2 Å². The highest BCUT2D eigenvalue weighted by molar-refractivity contribution is 9.10. The first-order chi connectivity index (χ1) is 6.68. The molecule has 0 aliphatic carbocycles. The Morgan fingerprint density at radius 3 is 2.57 bits per heavy atom. The van der Waals surface area contributed by atoms with Crippen LogP contribution in [-0.4, -0.2) is 13.1 Å². The van der Waals surface area contributed by atoms with E-state index >= 15 is 0 Å². The van der Waals surface area contributed by atoms with E-state index in [4.69, 9.17) is 5.73 Å². The van der Waals surface area contributed by atoms with Crippen molar-refractivity contribution in [3.05, 3.63) is 34.6 Å². The Morgan fingerprint density at radius 1 is 1.29 bits per heavy atom. The zero-order chi connectivity index (χ0) is 10.1. The van der Waals surface area contributed by atoms with Gasteiger partial charge in [0.1, 0.15) is 5.82 Å². The highest BCUT2D eigenvalue weighted by atomic mass is 79.9. The van der Waals surface area contributed by atoms with Crippen LogP contribution in [0.15, 0.2) is 28.8 Å². The first-order valence-electron chi connectivity index (χ1n) is 4.33. The molecule has 0 saturated heterocycles. The zero-order valence-electron chi connectivity index (χ0n) is 7.50. The summed E-state index contributed by atoms with van der Waals surface area (Å²) in [6, 6.07) is 3.06. The van der Waals surface area contributed by atoms with Crippen LogP contribution in [0.2, 0.25) is 0 Å². The molecule has 1 heterocycles. The molecule has 0 aromatic heterocycles. The van der Waals surface area contributed by atoms with Crippen molar-refractivity contribution < 1.29 is 4.39 Å². The molecule has 0 atom stereocenters. The van der Waals surface area contributed by atoms with E-state index in [-0.39, 0.29) is 5.82 Å². The van der Waals surface area contributed by atoms with E-state index < -0.39 is 0 Å². The van der Waals surface area contributed by atoms with Gasteiger partial charge in [-0.3, -0.25) is 0 Å². The van der Waals surface area contributed by atoms with Crippen molar-refractivity contribution >= 4 is 27.3 Å². The monoisotopic (exact) mass is 256 g/mol. The number of nitrogen functional groups attached to an aromatic ring is 1. The molecule has 1 aliphatic heterocycles. The third-order valence-electron chi connectivity index (χ3n) is 2.23. The third kappa shape index (κ3) is 1.62. The largest absolute Gasteiger partial charge is 0.397 e. The number of rotatable bonds is 1. The maximum Gasteiger partial charge on any atom is 0.139 e. The van der Waals surface area contributed by atoms with E-state index in [9.17, 15) is 4.39 Å². The molecule has 0 spiro atoms. The number of nitrogens with two attached hydrogens (primary N) is 1. The van der Waals surface area contributed by atoms with Crippen molar-refractivity contribution in [1.29, 1.82) is 0 Å². The fraction of sp³-hybridized carbons (Fsp3) is 0.200. The Labute approximate surface area is 90.3 Å². The van der Waals surface area contributed by atoms with Gasteiger partial charge in [-0.1, -0.05) is 12.2 Å². The molecule has 14 heavy (non-hydrogen) atoms. The van der Waals surface area contributed by atoms with Crippen LogP contribution in [0.1, 0.15) is 0 Å². The summed E-state index contributed by atoms with van der Waals surface area (Å²) in [5.41, 5.74) is 7.10. The zero-order valence-corrected chi connectivity index (χ0v) is 9.09. The van der Waals surface area contributed by atoms with Gasteiger partial charge in [-0.2, -0.15) is 0 Å². The Balaban J connectivity index is 2.38. The number of hydrogen-bond acceptors (Lipinski definition) is 2. The lowest BCUT2D eigenvalue weighted by molar-refractivity contribution is 0.621. The van der Waals surface area contributed by atoms with Crippen LogP contribution in [0.4, 0.5) is 15.8 Å². The molecule has 0 unspecified atom stereocenters. The van der Waals surface area contributed by atoms with Crippen LogP contribution in [0.25, 0.3) is 0 Å². The number of halogens is 2. The van der Waals surface area contributed by atoms with Crippen LogP contribution in [-0.2, 0) is 0 Å². The summed E-state index contributed by atoms with van der Waals surface area (Å²) in [5.74, 6) is -0.321. The average Bonchev–Trinajstić information content (AvgIpc) is 2.64. The molecular weight excluding hydrogens is 247 g/mol. The minimum Gasteiger partial charge on any atom is -0.397 e. The van der Waals surface area contributed by atoms with Crippen molar-refractivity contribution in [2.45, 2.75) is 0 Å². The van der Waals surface area contributed by atoms with Crippen molar-refractivity contribution in [3.8, 4) is 0 Å². The van der Waals surface area contributed by atoms with Crippen molar-refractivity contribution in [2.24, 2.45) is 0 Å². The fourth-order valence-corrected chi connectivity index (χ4v) is 1.83. The van der Waals surface area contributed by atoms with Crippen LogP contribution >= 0.6 is 15.9 Å². The van der Waals surface area contributed by atoms with Gasteiger partial charge in [-0.25, -0.2) is 4.39 Å². The molecule has 2 rings (SSSR count). The predicted molar refractivity (Wildman–Crippen MR) is 59.9 cm³/mol. The molecule has 0 fully saturated rings. The molecule has 1 aromatic rings. The summed E-state index contributed by atoms with van der Waals surface area (Å²) >= 11 is 3.15. The minimum absolute atomic E-state index is 0.321. The quantitative estimate of drug-likeness (QED) is 0.618. The molecule has 0 saturated carbocycles. The fourth-order valence-electron chi connectivity index (χ4n) is 1.50. The second-order valence-electron chi connectivity index (χ2n) is 3.20. The summed E-state index contributed by atoms with van der Waals surface area (Å²) in [6.07, 6.45) is 4.13. The third-order valence-corrected chi connectivity index (χ3v) is 2.84. The Bertz CT molecular complexity index is 382. The lowest BCUT2D eigenvalue weighted by Gasteiger charge is -2.20. The van der Waals surface area contributed by atoms with Crippen LogP contribution in [0.3, 0.4) is 0 Å². The normalized spacial score (nSPS) is 15.1. The van der Waals surface area contributed by atoms with E-state index in [0.717, 1.165) is 18.8 Å². The van der Waals surface area contributed by atoms with E-state index in [0.29, 0.717) is 10.2 Å². The second-order valence-corrected chi connectivity index (χ2v) is 4.06. The molecule has 4 heteroatoms. The van der Waals surface area contributed by atoms with Crippen LogP contribution in [0, 0.1) is 5.82 Å². The molecule has 0 amide bonds. The molecule has 0 bridgehead atoms. The van der Waals surface area contributed by atoms with Gasteiger partial charge < -0.3 is 10.6 Å². The average molecular weight is 257 g/mol. The Morgan fingerprint density at radius 2 is 1.93 bits per heavy atom. The molecule has 0 radical (unpaired) electrons. The number of benzene rings is 1. The molecule has 1 aliphatic rings. The standard InChI is InChI=1S/C10H10BrFN2/c11-7-5-10(9(13)6-8(7)12)14-3-1-2-4-14/h1-2,5-6H,3-4,13H2. The smallest absolute Gasteiger partial charge is 0.139 e. The molecule has 1 aromatic carbocycles. The van der Waals surface area contributed by atoms with Gasteiger partial charge in [-0.15, -0.1) is 0 Å². The molecule has 2 nitrogen and oxygen atoms in total. The highest BCUT2D eigenvalue weighted by Crippen LogP contribution is 2.30. The summed E-state index contributed by atoms with van der Waals surface area (Å²) in [4.78, 5) is 2.08. The SMILES string of the molecule is Nc1cc(F)c(Br)cc1N1CC=CC1. The van der Waals surface area contributed by atoms with Crippen molar-refractivity contribution in [1.82, 2.24) is 0 Å². The summed E-state index contributed by atoms with van der Waals surface area (Å²) < 4.78 is 13.5. The number of hydrogen-bond donors (Lipinski definition) is 1. The first kappa shape index (κ1) is 9.52. The number of nitrogens with zero attached hydrogens (tertiary/aromatic N) is 1. The summed E-state index contributed by atoms with van der Waals surface area (Å²) in [7, 11) is 0. The van der Waals surface area contributed by atoms with E-state index in [1.165, 1.54) is 6.07 Å². The molecular formula is C10H10BrFN2. The Kier molecular flexibility index (Phi) is 2.46. The van der Waals surface area contributed by atoms with Gasteiger partial charge in [-0.05, 0) is 22.0 Å². The lowest BCUT2D eigenvalue weighted by atomic mass is 10.2. The van der Waals surface area contributed by atoms with Crippen LogP contribution in [0.5, 0.6) is 0 Å². The van der Waals surface area contributed by atoms with E-state index in [1.807, 2.05) is 0 Å². The second kappa shape index (κ2) is 3.61. The first-order valence-corrected chi connectivity index (χ1v) is 5.12. The van der Waals surface area contributed by atoms with Gasteiger partial charge in [0.2, 0.25) is 0 Å². The number of anilines is 2. The van der Waals surface area contributed by atoms with Gasteiger partial charge >= 0.3 is 0 Å².